The molecular weight excluding hydrogens is 244 g/mol. The van der Waals surface area contributed by atoms with Gasteiger partial charge < -0.3 is 19.8 Å². The molecule has 5 heteroatoms. The number of methoxy groups -OCH3 is 1. The van der Waals surface area contributed by atoms with Crippen LogP contribution in [0.25, 0.3) is 0 Å². The number of benzene rings is 1. The molecular formula is C14H16N2O3. The summed E-state index contributed by atoms with van der Waals surface area (Å²) in [7, 11) is 1.59. The predicted molar refractivity (Wildman–Crippen MR) is 72.0 cm³/mol. The maximum Gasteiger partial charge on any atom is 0.239 e. The predicted octanol–water partition coefficient (Wildman–Crippen LogP) is 2.02. The standard InChI is InChI=1S/C14H16N2O3/c1-18-13-7-3-2-6-12(13)15-10-14(17)16-9-11-5-4-8-19-11/h2-8,15H,9-10H2,1H3,(H,16,17). The number of hydrogen-bond acceptors (Lipinski definition) is 4. The Bertz CT molecular complexity index is 523. The van der Waals surface area contributed by atoms with E-state index in [1.807, 2.05) is 30.3 Å². The summed E-state index contributed by atoms with van der Waals surface area (Å²) < 4.78 is 10.3. The van der Waals surface area contributed by atoms with Gasteiger partial charge in [-0.1, -0.05) is 12.1 Å². The molecule has 2 N–H and O–H groups in total. The lowest BCUT2D eigenvalue weighted by atomic mass is 10.3. The molecule has 1 aromatic carbocycles. The van der Waals surface area contributed by atoms with Crippen molar-refractivity contribution in [1.29, 1.82) is 0 Å². The molecule has 2 aromatic rings. The number of carbonyl (C=O) groups is 1. The van der Waals surface area contributed by atoms with E-state index in [1.54, 1.807) is 19.4 Å². The molecule has 0 fully saturated rings. The molecule has 19 heavy (non-hydrogen) atoms. The van der Waals surface area contributed by atoms with Crippen LogP contribution in [0.1, 0.15) is 5.76 Å². The Morgan fingerprint density at radius 2 is 2.11 bits per heavy atom. The fourth-order valence-corrected chi connectivity index (χ4v) is 1.63. The Morgan fingerprint density at radius 1 is 1.26 bits per heavy atom. The molecule has 0 saturated carbocycles. The van der Waals surface area contributed by atoms with Gasteiger partial charge in [0.25, 0.3) is 0 Å². The fraction of sp³-hybridized carbons (Fsp3) is 0.214. The molecule has 0 aliphatic carbocycles. The van der Waals surface area contributed by atoms with Crippen LogP contribution in [0.3, 0.4) is 0 Å². The second-order valence-corrected chi connectivity index (χ2v) is 3.91. The Labute approximate surface area is 111 Å². The summed E-state index contributed by atoms with van der Waals surface area (Å²) >= 11 is 0. The monoisotopic (exact) mass is 260 g/mol. The van der Waals surface area contributed by atoms with Crippen LogP contribution >= 0.6 is 0 Å². The van der Waals surface area contributed by atoms with Gasteiger partial charge in [0, 0.05) is 0 Å². The average molecular weight is 260 g/mol. The van der Waals surface area contributed by atoms with Crippen LogP contribution in [0.5, 0.6) is 5.75 Å². The summed E-state index contributed by atoms with van der Waals surface area (Å²) in [5, 5.41) is 5.78. The SMILES string of the molecule is COc1ccccc1NCC(=O)NCc1ccco1. The highest BCUT2D eigenvalue weighted by atomic mass is 16.5. The molecule has 0 radical (unpaired) electrons. The third kappa shape index (κ3) is 3.77. The van der Waals surface area contributed by atoms with E-state index in [1.165, 1.54) is 0 Å². The minimum Gasteiger partial charge on any atom is -0.495 e. The summed E-state index contributed by atoms with van der Waals surface area (Å²) in [6, 6.07) is 11.1. The molecule has 5 nitrogen and oxygen atoms in total. The number of anilines is 1. The van der Waals surface area contributed by atoms with Gasteiger partial charge in [-0.3, -0.25) is 4.79 Å². The summed E-state index contributed by atoms with van der Waals surface area (Å²) in [5.74, 6) is 1.33. The lowest BCUT2D eigenvalue weighted by Gasteiger charge is -2.10. The second kappa shape index (κ2) is 6.49. The zero-order valence-corrected chi connectivity index (χ0v) is 10.7. The van der Waals surface area contributed by atoms with Gasteiger partial charge in [-0.05, 0) is 24.3 Å². The van der Waals surface area contributed by atoms with Crippen LogP contribution in [0.2, 0.25) is 0 Å². The van der Waals surface area contributed by atoms with Gasteiger partial charge in [0.05, 0.1) is 32.1 Å². The first kappa shape index (κ1) is 13.0. The number of rotatable bonds is 6. The number of ether oxygens (including phenoxy) is 1. The second-order valence-electron chi connectivity index (χ2n) is 3.91. The van der Waals surface area contributed by atoms with E-state index in [0.29, 0.717) is 12.3 Å². The molecule has 0 atom stereocenters. The highest BCUT2D eigenvalue weighted by Crippen LogP contribution is 2.22. The van der Waals surface area contributed by atoms with Gasteiger partial charge in [0.1, 0.15) is 11.5 Å². The lowest BCUT2D eigenvalue weighted by Crippen LogP contribution is -2.29. The maximum absolute atomic E-state index is 11.7. The summed E-state index contributed by atoms with van der Waals surface area (Å²) in [6.07, 6.45) is 1.58. The van der Waals surface area contributed by atoms with Gasteiger partial charge >= 0.3 is 0 Å². The molecule has 1 heterocycles. The first-order valence-corrected chi connectivity index (χ1v) is 5.95. The highest BCUT2D eigenvalue weighted by Gasteiger charge is 2.05. The van der Waals surface area contributed by atoms with Crippen molar-refractivity contribution >= 4 is 11.6 Å². The van der Waals surface area contributed by atoms with E-state index in [9.17, 15) is 4.79 Å². The average Bonchev–Trinajstić information content (AvgIpc) is 2.96. The molecule has 0 aliphatic rings. The van der Waals surface area contributed by atoms with Gasteiger partial charge in [-0.2, -0.15) is 0 Å². The molecule has 0 aliphatic heterocycles. The van der Waals surface area contributed by atoms with E-state index in [2.05, 4.69) is 10.6 Å². The van der Waals surface area contributed by atoms with Crippen molar-refractivity contribution in [1.82, 2.24) is 5.32 Å². The zero-order chi connectivity index (χ0) is 13.5. The minimum atomic E-state index is -0.109. The Kier molecular flexibility index (Phi) is 4.44. The van der Waals surface area contributed by atoms with E-state index in [0.717, 1.165) is 11.4 Å². The summed E-state index contributed by atoms with van der Waals surface area (Å²) in [6.45, 7) is 0.570. The Morgan fingerprint density at radius 3 is 2.84 bits per heavy atom. The normalized spacial score (nSPS) is 9.95. The maximum atomic E-state index is 11.7. The third-order valence-electron chi connectivity index (χ3n) is 2.59. The van der Waals surface area contributed by atoms with Crippen molar-refractivity contribution in [2.75, 3.05) is 19.0 Å². The molecule has 1 aromatic heterocycles. The quantitative estimate of drug-likeness (QED) is 0.834. The number of amides is 1. The summed E-state index contributed by atoms with van der Waals surface area (Å²) in [5.41, 5.74) is 0.790. The van der Waals surface area contributed by atoms with E-state index in [-0.39, 0.29) is 12.5 Å². The lowest BCUT2D eigenvalue weighted by molar-refractivity contribution is -0.119. The number of nitrogens with one attached hydrogen (secondary N) is 2. The third-order valence-corrected chi connectivity index (χ3v) is 2.59. The van der Waals surface area contributed by atoms with Crippen LogP contribution in [0.15, 0.2) is 47.1 Å². The number of carbonyl (C=O) groups excluding carboxylic acids is 1. The molecule has 0 unspecified atom stereocenters. The van der Waals surface area contributed by atoms with Crippen molar-refractivity contribution in [2.45, 2.75) is 6.54 Å². The highest BCUT2D eigenvalue weighted by molar-refractivity contribution is 5.81. The smallest absolute Gasteiger partial charge is 0.239 e. The molecule has 2 rings (SSSR count). The topological polar surface area (TPSA) is 63.5 Å². The van der Waals surface area contributed by atoms with Gasteiger partial charge in [-0.25, -0.2) is 0 Å². The van der Waals surface area contributed by atoms with Gasteiger partial charge in [-0.15, -0.1) is 0 Å². The number of para-hydroxylation sites is 2. The largest absolute Gasteiger partial charge is 0.495 e. The van der Waals surface area contributed by atoms with Crippen molar-refractivity contribution in [2.24, 2.45) is 0 Å². The van der Waals surface area contributed by atoms with E-state index >= 15 is 0 Å². The van der Waals surface area contributed by atoms with E-state index in [4.69, 9.17) is 9.15 Å². The van der Waals surface area contributed by atoms with Crippen molar-refractivity contribution in [3.8, 4) is 5.75 Å². The van der Waals surface area contributed by atoms with Crippen LogP contribution in [0, 0.1) is 0 Å². The van der Waals surface area contributed by atoms with Crippen molar-refractivity contribution in [3.63, 3.8) is 0 Å². The molecule has 100 valence electrons. The molecule has 0 bridgehead atoms. The minimum absolute atomic E-state index is 0.109. The van der Waals surface area contributed by atoms with Crippen LogP contribution in [-0.4, -0.2) is 19.6 Å². The van der Waals surface area contributed by atoms with Crippen molar-refractivity contribution in [3.05, 3.63) is 48.4 Å². The first-order valence-electron chi connectivity index (χ1n) is 5.95. The van der Waals surface area contributed by atoms with Crippen molar-refractivity contribution < 1.29 is 13.9 Å². The molecule has 1 amide bonds. The zero-order valence-electron chi connectivity index (χ0n) is 10.7. The van der Waals surface area contributed by atoms with Crippen LogP contribution < -0.4 is 15.4 Å². The molecule has 0 spiro atoms. The summed E-state index contributed by atoms with van der Waals surface area (Å²) in [4.78, 5) is 11.7. The Balaban J connectivity index is 1.80. The van der Waals surface area contributed by atoms with Crippen LogP contribution in [0.4, 0.5) is 5.69 Å². The first-order chi connectivity index (χ1) is 9.29. The van der Waals surface area contributed by atoms with Gasteiger partial charge in [0.2, 0.25) is 5.91 Å². The Hall–Kier alpha value is -2.43. The van der Waals surface area contributed by atoms with Crippen LogP contribution in [-0.2, 0) is 11.3 Å². The van der Waals surface area contributed by atoms with Gasteiger partial charge in [0.15, 0.2) is 0 Å². The van der Waals surface area contributed by atoms with E-state index < -0.39 is 0 Å². The molecule has 0 saturated heterocycles. The number of furan rings is 1. The number of hydrogen-bond donors (Lipinski definition) is 2. The fourth-order valence-electron chi connectivity index (χ4n) is 1.63.